The molecule has 0 atom stereocenters. The van der Waals surface area contributed by atoms with Gasteiger partial charge in [-0.2, -0.15) is 0 Å². The molecule has 0 radical (unpaired) electrons. The number of esters is 1. The van der Waals surface area contributed by atoms with Gasteiger partial charge in [-0.15, -0.1) is 0 Å². The van der Waals surface area contributed by atoms with Gasteiger partial charge < -0.3 is 9.15 Å². The maximum absolute atomic E-state index is 12.5. The molecule has 0 spiro atoms. The Morgan fingerprint density at radius 1 is 0.920 bits per heavy atom. The van der Waals surface area contributed by atoms with Crippen molar-refractivity contribution in [2.75, 3.05) is 0 Å². The summed E-state index contributed by atoms with van der Waals surface area (Å²) in [6, 6.07) is 19.7. The average molecular weight is 395 g/mol. The molecule has 4 rings (SSSR count). The van der Waals surface area contributed by atoms with E-state index >= 15 is 0 Å². The minimum Gasteiger partial charge on any atom is -0.422 e. The van der Waals surface area contributed by atoms with Crippen molar-refractivity contribution in [3.05, 3.63) is 87.2 Å². The fraction of sp³-hybridized carbons (Fsp3) is 0. The summed E-state index contributed by atoms with van der Waals surface area (Å²) in [5, 5.41) is 2.38. The second-order valence-corrected chi connectivity index (χ2v) is 6.41. The van der Waals surface area contributed by atoms with Gasteiger partial charge in [0.05, 0.1) is 0 Å². The SMILES string of the molecule is O=C(Oc1cccc2ccccc12)c1cc2cc(Br)ccc2oc1=O. The first-order valence-electron chi connectivity index (χ1n) is 7.55. The number of hydrogen-bond acceptors (Lipinski definition) is 4. The zero-order valence-electron chi connectivity index (χ0n) is 12.9. The van der Waals surface area contributed by atoms with Crippen LogP contribution in [0.1, 0.15) is 10.4 Å². The maximum Gasteiger partial charge on any atom is 0.351 e. The summed E-state index contributed by atoms with van der Waals surface area (Å²) in [4.78, 5) is 24.6. The van der Waals surface area contributed by atoms with Gasteiger partial charge in [0.1, 0.15) is 16.9 Å². The molecule has 5 heteroatoms. The van der Waals surface area contributed by atoms with Crippen LogP contribution in [0.25, 0.3) is 21.7 Å². The maximum atomic E-state index is 12.5. The number of rotatable bonds is 2. The van der Waals surface area contributed by atoms with Crippen molar-refractivity contribution in [2.24, 2.45) is 0 Å². The molecule has 25 heavy (non-hydrogen) atoms. The van der Waals surface area contributed by atoms with E-state index in [9.17, 15) is 9.59 Å². The zero-order valence-corrected chi connectivity index (χ0v) is 14.4. The molecule has 0 N–H and O–H groups in total. The first kappa shape index (κ1) is 15.6. The van der Waals surface area contributed by atoms with Gasteiger partial charge in [0, 0.05) is 15.2 Å². The van der Waals surface area contributed by atoms with E-state index in [1.807, 2.05) is 30.3 Å². The normalized spacial score (nSPS) is 10.9. The lowest BCUT2D eigenvalue weighted by Crippen LogP contribution is -2.18. The average Bonchev–Trinajstić information content (AvgIpc) is 2.62. The third kappa shape index (κ3) is 2.94. The Morgan fingerprint density at radius 2 is 1.72 bits per heavy atom. The number of carbonyl (C=O) groups is 1. The minimum atomic E-state index is -0.744. The first-order chi connectivity index (χ1) is 12.1. The molecular weight excluding hydrogens is 384 g/mol. The zero-order chi connectivity index (χ0) is 17.4. The predicted octanol–water partition coefficient (Wildman–Crippen LogP) is 4.93. The highest BCUT2D eigenvalue weighted by molar-refractivity contribution is 9.10. The molecule has 122 valence electrons. The molecule has 0 saturated carbocycles. The summed E-state index contributed by atoms with van der Waals surface area (Å²) in [6.45, 7) is 0. The quantitative estimate of drug-likeness (QED) is 0.275. The van der Waals surface area contributed by atoms with E-state index in [0.717, 1.165) is 15.2 Å². The van der Waals surface area contributed by atoms with Crippen molar-refractivity contribution in [3.63, 3.8) is 0 Å². The standard InChI is InChI=1S/C20H11BrO4/c21-14-8-9-17-13(10-14)11-16(19(22)24-17)20(23)25-18-7-3-5-12-4-1-2-6-15(12)18/h1-11H. The Bertz CT molecular complexity index is 1170. The molecule has 3 aromatic carbocycles. The van der Waals surface area contributed by atoms with Crippen LogP contribution in [0.5, 0.6) is 5.75 Å². The third-order valence-electron chi connectivity index (χ3n) is 3.87. The van der Waals surface area contributed by atoms with Gasteiger partial charge in [-0.1, -0.05) is 52.3 Å². The molecule has 0 aliphatic heterocycles. The number of halogens is 1. The summed E-state index contributed by atoms with van der Waals surface area (Å²) in [5.74, 6) is -0.344. The molecule has 0 aliphatic rings. The molecule has 4 nitrogen and oxygen atoms in total. The van der Waals surface area contributed by atoms with E-state index in [0.29, 0.717) is 16.7 Å². The Labute approximate surface area is 150 Å². The summed E-state index contributed by atoms with van der Waals surface area (Å²) in [5.41, 5.74) is -0.450. The summed E-state index contributed by atoms with van der Waals surface area (Å²) >= 11 is 3.36. The van der Waals surface area contributed by atoms with Crippen molar-refractivity contribution in [1.82, 2.24) is 0 Å². The Balaban J connectivity index is 1.77. The Morgan fingerprint density at radius 3 is 2.60 bits per heavy atom. The molecule has 1 aromatic heterocycles. The van der Waals surface area contributed by atoms with Crippen LogP contribution in [-0.2, 0) is 0 Å². The van der Waals surface area contributed by atoms with Crippen molar-refractivity contribution >= 4 is 43.6 Å². The summed E-state index contributed by atoms with van der Waals surface area (Å²) < 4.78 is 11.5. The van der Waals surface area contributed by atoms with E-state index < -0.39 is 11.6 Å². The lowest BCUT2D eigenvalue weighted by Gasteiger charge is -2.07. The van der Waals surface area contributed by atoms with Crippen molar-refractivity contribution in [3.8, 4) is 5.75 Å². The molecule has 0 fully saturated rings. The van der Waals surface area contributed by atoms with Crippen LogP contribution in [0.2, 0.25) is 0 Å². The van der Waals surface area contributed by atoms with Gasteiger partial charge in [-0.3, -0.25) is 0 Å². The largest absolute Gasteiger partial charge is 0.422 e. The predicted molar refractivity (Wildman–Crippen MR) is 99.1 cm³/mol. The highest BCUT2D eigenvalue weighted by Gasteiger charge is 2.17. The molecule has 0 aliphatic carbocycles. The van der Waals surface area contributed by atoms with Crippen LogP contribution < -0.4 is 10.4 Å². The van der Waals surface area contributed by atoms with Crippen molar-refractivity contribution < 1.29 is 13.9 Å². The lowest BCUT2D eigenvalue weighted by atomic mass is 10.1. The van der Waals surface area contributed by atoms with E-state index in [2.05, 4.69) is 15.9 Å². The number of benzene rings is 3. The van der Waals surface area contributed by atoms with Crippen molar-refractivity contribution in [1.29, 1.82) is 0 Å². The third-order valence-corrected chi connectivity index (χ3v) is 4.36. The Kier molecular flexibility index (Phi) is 3.86. The van der Waals surface area contributed by atoms with E-state index in [-0.39, 0.29) is 5.56 Å². The van der Waals surface area contributed by atoms with Gasteiger partial charge in [-0.05, 0) is 35.7 Å². The van der Waals surface area contributed by atoms with E-state index in [1.54, 1.807) is 30.3 Å². The van der Waals surface area contributed by atoms with Gasteiger partial charge in [0.15, 0.2) is 0 Å². The number of hydrogen-bond donors (Lipinski definition) is 0. The number of fused-ring (bicyclic) bond motifs is 2. The lowest BCUT2D eigenvalue weighted by molar-refractivity contribution is 0.0733. The van der Waals surface area contributed by atoms with Crippen LogP contribution >= 0.6 is 15.9 Å². The van der Waals surface area contributed by atoms with Crippen LogP contribution in [0.15, 0.2) is 80.4 Å². The molecule has 0 unspecified atom stereocenters. The van der Waals surface area contributed by atoms with E-state index in [1.165, 1.54) is 6.07 Å². The van der Waals surface area contributed by atoms with Crippen LogP contribution in [0.4, 0.5) is 0 Å². The summed E-state index contributed by atoms with van der Waals surface area (Å²) in [6.07, 6.45) is 0. The highest BCUT2D eigenvalue weighted by Crippen LogP contribution is 2.26. The fourth-order valence-corrected chi connectivity index (χ4v) is 3.05. The number of carbonyl (C=O) groups excluding carboxylic acids is 1. The highest BCUT2D eigenvalue weighted by atomic mass is 79.9. The van der Waals surface area contributed by atoms with Crippen LogP contribution in [0.3, 0.4) is 0 Å². The second kappa shape index (κ2) is 6.18. The molecular formula is C20H11BrO4. The van der Waals surface area contributed by atoms with Gasteiger partial charge >= 0.3 is 11.6 Å². The molecule has 0 saturated heterocycles. The molecule has 1 heterocycles. The minimum absolute atomic E-state index is 0.140. The molecule has 0 bridgehead atoms. The van der Waals surface area contributed by atoms with E-state index in [4.69, 9.17) is 9.15 Å². The summed E-state index contributed by atoms with van der Waals surface area (Å²) in [7, 11) is 0. The molecule has 4 aromatic rings. The number of ether oxygens (including phenoxy) is 1. The molecule has 0 amide bonds. The van der Waals surface area contributed by atoms with Crippen molar-refractivity contribution in [2.45, 2.75) is 0 Å². The van der Waals surface area contributed by atoms with Gasteiger partial charge in [0.2, 0.25) is 0 Å². The monoisotopic (exact) mass is 394 g/mol. The van der Waals surface area contributed by atoms with Gasteiger partial charge in [-0.25, -0.2) is 9.59 Å². The Hall–Kier alpha value is -2.92. The fourth-order valence-electron chi connectivity index (χ4n) is 2.68. The topological polar surface area (TPSA) is 56.5 Å². The van der Waals surface area contributed by atoms with Crippen LogP contribution in [-0.4, -0.2) is 5.97 Å². The van der Waals surface area contributed by atoms with Gasteiger partial charge in [0.25, 0.3) is 0 Å². The first-order valence-corrected chi connectivity index (χ1v) is 8.34. The second-order valence-electron chi connectivity index (χ2n) is 5.50. The smallest absolute Gasteiger partial charge is 0.351 e. The van der Waals surface area contributed by atoms with Crippen LogP contribution in [0, 0.1) is 0 Å².